The van der Waals surface area contributed by atoms with Gasteiger partial charge in [0, 0.05) is 11.8 Å². The summed E-state index contributed by atoms with van der Waals surface area (Å²) in [5.41, 5.74) is 0.801. The molecule has 0 unspecified atom stereocenters. The molecule has 2 aromatic carbocycles. The summed E-state index contributed by atoms with van der Waals surface area (Å²) in [6, 6.07) is 9.44. The zero-order valence-corrected chi connectivity index (χ0v) is 8.24. The Morgan fingerprint density at radius 3 is 2.25 bits per heavy atom. The Morgan fingerprint density at radius 2 is 1.62 bits per heavy atom. The second-order valence-corrected chi connectivity index (χ2v) is 3.30. The van der Waals surface area contributed by atoms with Crippen molar-refractivity contribution in [3.8, 4) is 5.75 Å². The molecular formula is C12H9F2NO. The van der Waals surface area contributed by atoms with Crippen LogP contribution in [0, 0.1) is 11.6 Å². The van der Waals surface area contributed by atoms with Gasteiger partial charge in [0.15, 0.2) is 0 Å². The van der Waals surface area contributed by atoms with Crippen LogP contribution in [0.4, 0.5) is 20.2 Å². The second kappa shape index (κ2) is 4.18. The van der Waals surface area contributed by atoms with Gasteiger partial charge in [0.05, 0.1) is 5.69 Å². The van der Waals surface area contributed by atoms with Crippen LogP contribution in [0.15, 0.2) is 42.5 Å². The molecule has 2 aromatic rings. The summed E-state index contributed by atoms with van der Waals surface area (Å²) in [7, 11) is 0. The number of hydrogen-bond donors (Lipinski definition) is 2. The molecule has 0 fully saturated rings. The van der Waals surface area contributed by atoms with Crippen LogP contribution in [0.25, 0.3) is 0 Å². The minimum atomic E-state index is -0.659. The van der Waals surface area contributed by atoms with Gasteiger partial charge in [0.1, 0.15) is 17.4 Å². The molecule has 0 saturated carbocycles. The van der Waals surface area contributed by atoms with Crippen LogP contribution in [-0.4, -0.2) is 5.11 Å². The molecule has 2 nitrogen and oxygen atoms in total. The number of nitrogens with one attached hydrogen (secondary N) is 1. The predicted octanol–water partition coefficient (Wildman–Crippen LogP) is 3.41. The van der Waals surface area contributed by atoms with Gasteiger partial charge in [-0.1, -0.05) is 0 Å². The van der Waals surface area contributed by atoms with Gasteiger partial charge in [0.25, 0.3) is 0 Å². The summed E-state index contributed by atoms with van der Waals surface area (Å²) in [5, 5.41) is 11.8. The van der Waals surface area contributed by atoms with Crippen molar-refractivity contribution in [1.29, 1.82) is 0 Å². The monoisotopic (exact) mass is 221 g/mol. The molecule has 0 radical (unpaired) electrons. The van der Waals surface area contributed by atoms with Crippen LogP contribution in [0.1, 0.15) is 0 Å². The number of phenols is 1. The molecule has 16 heavy (non-hydrogen) atoms. The number of benzene rings is 2. The molecule has 82 valence electrons. The summed E-state index contributed by atoms with van der Waals surface area (Å²) in [6.45, 7) is 0. The van der Waals surface area contributed by atoms with Crippen molar-refractivity contribution in [1.82, 2.24) is 0 Å². The Labute approximate surface area is 91.2 Å². The quantitative estimate of drug-likeness (QED) is 0.761. The van der Waals surface area contributed by atoms with Crippen LogP contribution >= 0.6 is 0 Å². The lowest BCUT2D eigenvalue weighted by Gasteiger charge is -2.07. The summed E-state index contributed by atoms with van der Waals surface area (Å²) in [4.78, 5) is 0. The summed E-state index contributed by atoms with van der Waals surface area (Å²) < 4.78 is 25.9. The first kappa shape index (κ1) is 10.4. The maximum absolute atomic E-state index is 13.3. The van der Waals surface area contributed by atoms with Crippen molar-refractivity contribution in [3.63, 3.8) is 0 Å². The van der Waals surface area contributed by atoms with Crippen molar-refractivity contribution in [2.24, 2.45) is 0 Å². The van der Waals surface area contributed by atoms with Gasteiger partial charge in [-0.05, 0) is 36.4 Å². The lowest BCUT2D eigenvalue weighted by atomic mass is 10.2. The van der Waals surface area contributed by atoms with Gasteiger partial charge >= 0.3 is 0 Å². The Hall–Kier alpha value is -2.10. The fourth-order valence-electron chi connectivity index (χ4n) is 1.29. The van der Waals surface area contributed by atoms with Gasteiger partial charge < -0.3 is 10.4 Å². The zero-order valence-electron chi connectivity index (χ0n) is 8.24. The highest BCUT2D eigenvalue weighted by molar-refractivity contribution is 5.60. The van der Waals surface area contributed by atoms with Crippen LogP contribution in [0.5, 0.6) is 5.75 Å². The number of halogens is 2. The van der Waals surface area contributed by atoms with Crippen LogP contribution in [-0.2, 0) is 0 Å². The van der Waals surface area contributed by atoms with Crippen molar-refractivity contribution < 1.29 is 13.9 Å². The lowest BCUT2D eigenvalue weighted by Crippen LogP contribution is -1.93. The van der Waals surface area contributed by atoms with Gasteiger partial charge in [-0.3, -0.25) is 0 Å². The minimum Gasteiger partial charge on any atom is -0.508 e. The fraction of sp³-hybridized carbons (Fsp3) is 0. The molecule has 0 spiro atoms. The predicted molar refractivity (Wildman–Crippen MR) is 57.7 cm³/mol. The average Bonchev–Trinajstić information content (AvgIpc) is 2.25. The largest absolute Gasteiger partial charge is 0.508 e. The number of aromatic hydroxyl groups is 1. The van der Waals surface area contributed by atoms with E-state index < -0.39 is 11.6 Å². The van der Waals surface area contributed by atoms with Gasteiger partial charge in [-0.25, -0.2) is 8.78 Å². The van der Waals surface area contributed by atoms with E-state index in [9.17, 15) is 8.78 Å². The third kappa shape index (κ3) is 2.28. The van der Waals surface area contributed by atoms with E-state index in [1.165, 1.54) is 24.3 Å². The van der Waals surface area contributed by atoms with Crippen LogP contribution in [0.2, 0.25) is 0 Å². The molecule has 0 aliphatic rings. The molecule has 0 bridgehead atoms. The molecule has 0 saturated heterocycles. The van der Waals surface area contributed by atoms with Crippen molar-refractivity contribution in [2.45, 2.75) is 0 Å². The van der Waals surface area contributed by atoms with E-state index in [2.05, 4.69) is 5.32 Å². The Morgan fingerprint density at radius 1 is 0.938 bits per heavy atom. The molecule has 0 aliphatic heterocycles. The molecule has 0 atom stereocenters. The molecule has 0 amide bonds. The van der Waals surface area contributed by atoms with Crippen LogP contribution in [0.3, 0.4) is 0 Å². The van der Waals surface area contributed by atoms with Crippen molar-refractivity contribution in [3.05, 3.63) is 54.1 Å². The molecule has 0 aliphatic carbocycles. The average molecular weight is 221 g/mol. The number of anilines is 2. The highest BCUT2D eigenvalue weighted by atomic mass is 19.1. The summed E-state index contributed by atoms with van der Waals surface area (Å²) >= 11 is 0. The Kier molecular flexibility index (Phi) is 2.72. The highest BCUT2D eigenvalue weighted by Gasteiger charge is 2.03. The van der Waals surface area contributed by atoms with E-state index in [0.29, 0.717) is 5.69 Å². The first-order chi connectivity index (χ1) is 7.65. The lowest BCUT2D eigenvalue weighted by molar-refractivity contribution is 0.475. The molecular weight excluding hydrogens is 212 g/mol. The second-order valence-electron chi connectivity index (χ2n) is 3.30. The molecule has 0 aromatic heterocycles. The van der Waals surface area contributed by atoms with E-state index in [0.717, 1.165) is 6.07 Å². The normalized spacial score (nSPS) is 10.1. The standard InChI is InChI=1S/C12H9F2NO/c13-8-1-6-12(11(14)7-8)15-9-2-4-10(16)5-3-9/h1-7,15-16H. The Balaban J connectivity index is 2.23. The van der Waals surface area contributed by atoms with E-state index >= 15 is 0 Å². The van der Waals surface area contributed by atoms with E-state index in [4.69, 9.17) is 5.11 Å². The van der Waals surface area contributed by atoms with Gasteiger partial charge in [0.2, 0.25) is 0 Å². The number of phenolic OH excluding ortho intramolecular Hbond substituents is 1. The first-order valence-electron chi connectivity index (χ1n) is 4.66. The van der Waals surface area contributed by atoms with Gasteiger partial charge in [-0.2, -0.15) is 0 Å². The van der Waals surface area contributed by atoms with Crippen molar-refractivity contribution in [2.75, 3.05) is 5.32 Å². The minimum absolute atomic E-state index is 0.130. The highest BCUT2D eigenvalue weighted by Crippen LogP contribution is 2.22. The van der Waals surface area contributed by atoms with E-state index in [-0.39, 0.29) is 11.4 Å². The topological polar surface area (TPSA) is 32.3 Å². The first-order valence-corrected chi connectivity index (χ1v) is 4.66. The Bertz CT molecular complexity index is 497. The smallest absolute Gasteiger partial charge is 0.149 e. The SMILES string of the molecule is Oc1ccc(Nc2ccc(F)cc2F)cc1. The van der Waals surface area contributed by atoms with E-state index in [1.54, 1.807) is 12.1 Å². The van der Waals surface area contributed by atoms with Crippen molar-refractivity contribution >= 4 is 11.4 Å². The molecule has 4 heteroatoms. The zero-order chi connectivity index (χ0) is 11.5. The number of hydrogen-bond acceptors (Lipinski definition) is 2. The molecule has 2 rings (SSSR count). The molecule has 2 N–H and O–H groups in total. The summed E-state index contributed by atoms with van der Waals surface area (Å²) in [5.74, 6) is -1.15. The molecule has 0 heterocycles. The van der Waals surface area contributed by atoms with Gasteiger partial charge in [-0.15, -0.1) is 0 Å². The third-order valence-corrected chi connectivity index (χ3v) is 2.08. The van der Waals surface area contributed by atoms with Crippen LogP contribution < -0.4 is 5.32 Å². The van der Waals surface area contributed by atoms with E-state index in [1.807, 2.05) is 0 Å². The third-order valence-electron chi connectivity index (χ3n) is 2.08. The summed E-state index contributed by atoms with van der Waals surface area (Å²) in [6.07, 6.45) is 0. The number of rotatable bonds is 2. The maximum atomic E-state index is 13.3. The fourth-order valence-corrected chi connectivity index (χ4v) is 1.29. The maximum Gasteiger partial charge on any atom is 0.149 e.